The average molecular weight is 436 g/mol. The molecule has 0 aliphatic carbocycles. The SMILES string of the molecule is C[C@@H](Oc1ccc(Cl)cc1Cl)C(=O)N1CCN(S(=O)(=O)N2CCCC2)CC1. The van der Waals surface area contributed by atoms with Crippen LogP contribution in [0.2, 0.25) is 10.0 Å². The van der Waals surface area contributed by atoms with Crippen LogP contribution in [0.5, 0.6) is 5.75 Å². The van der Waals surface area contributed by atoms with Crippen LogP contribution in [0, 0.1) is 0 Å². The highest BCUT2D eigenvalue weighted by molar-refractivity contribution is 7.86. The molecule has 27 heavy (non-hydrogen) atoms. The molecule has 1 atom stereocenters. The van der Waals surface area contributed by atoms with Gasteiger partial charge in [0.1, 0.15) is 5.75 Å². The summed E-state index contributed by atoms with van der Waals surface area (Å²) in [6, 6.07) is 4.81. The Hall–Kier alpha value is -1.06. The van der Waals surface area contributed by atoms with Gasteiger partial charge in [-0.3, -0.25) is 4.79 Å². The molecule has 10 heteroatoms. The third kappa shape index (κ3) is 4.68. The van der Waals surface area contributed by atoms with Gasteiger partial charge in [-0.25, -0.2) is 0 Å². The minimum Gasteiger partial charge on any atom is -0.479 e. The second-order valence-corrected chi connectivity index (χ2v) is 9.45. The number of ether oxygens (including phenoxy) is 1. The van der Waals surface area contributed by atoms with Crippen LogP contribution in [-0.2, 0) is 15.0 Å². The molecular formula is C17H23Cl2N3O4S. The highest BCUT2D eigenvalue weighted by Gasteiger charge is 2.35. The van der Waals surface area contributed by atoms with Crippen LogP contribution in [0.1, 0.15) is 19.8 Å². The summed E-state index contributed by atoms with van der Waals surface area (Å²) in [7, 11) is -3.42. The topological polar surface area (TPSA) is 70.2 Å². The van der Waals surface area contributed by atoms with E-state index in [-0.39, 0.29) is 5.91 Å². The number of hydrogen-bond acceptors (Lipinski definition) is 4. The Bertz CT molecular complexity index is 791. The molecule has 0 N–H and O–H groups in total. The summed E-state index contributed by atoms with van der Waals surface area (Å²) in [5.41, 5.74) is 0. The van der Waals surface area contributed by atoms with Crippen molar-refractivity contribution in [1.82, 2.24) is 13.5 Å². The molecule has 3 rings (SSSR count). The molecule has 0 radical (unpaired) electrons. The molecule has 150 valence electrons. The van der Waals surface area contributed by atoms with Crippen molar-refractivity contribution in [2.24, 2.45) is 0 Å². The fourth-order valence-corrected chi connectivity index (χ4v) is 5.41. The number of piperazine rings is 1. The Morgan fingerprint density at radius 3 is 2.22 bits per heavy atom. The lowest BCUT2D eigenvalue weighted by molar-refractivity contribution is -0.139. The van der Waals surface area contributed by atoms with Gasteiger partial charge < -0.3 is 9.64 Å². The molecule has 2 aliphatic rings. The molecule has 0 unspecified atom stereocenters. The molecule has 0 bridgehead atoms. The third-order valence-corrected chi connectivity index (χ3v) is 7.38. The van der Waals surface area contributed by atoms with Crippen LogP contribution in [0.25, 0.3) is 0 Å². The number of benzene rings is 1. The Morgan fingerprint density at radius 1 is 1.04 bits per heavy atom. The number of halogens is 2. The molecule has 2 heterocycles. The van der Waals surface area contributed by atoms with Crippen molar-refractivity contribution in [3.63, 3.8) is 0 Å². The molecule has 2 aliphatic heterocycles. The summed E-state index contributed by atoms with van der Waals surface area (Å²) in [4.78, 5) is 14.3. The first-order chi connectivity index (χ1) is 12.8. The van der Waals surface area contributed by atoms with Crippen molar-refractivity contribution in [3.8, 4) is 5.75 Å². The monoisotopic (exact) mass is 435 g/mol. The van der Waals surface area contributed by atoms with Crippen LogP contribution in [-0.4, -0.2) is 73.2 Å². The molecule has 1 amide bonds. The van der Waals surface area contributed by atoms with E-state index < -0.39 is 16.3 Å². The van der Waals surface area contributed by atoms with Gasteiger partial charge >= 0.3 is 0 Å². The first-order valence-corrected chi connectivity index (χ1v) is 11.1. The van der Waals surface area contributed by atoms with Gasteiger partial charge in [-0.15, -0.1) is 0 Å². The zero-order chi connectivity index (χ0) is 19.6. The molecule has 1 aromatic rings. The van der Waals surface area contributed by atoms with Crippen molar-refractivity contribution >= 4 is 39.3 Å². The number of rotatable bonds is 5. The highest BCUT2D eigenvalue weighted by Crippen LogP contribution is 2.28. The molecule has 2 fully saturated rings. The Labute approximate surface area is 169 Å². The van der Waals surface area contributed by atoms with Gasteiger partial charge in [0.05, 0.1) is 5.02 Å². The minimum atomic E-state index is -3.42. The van der Waals surface area contributed by atoms with Crippen molar-refractivity contribution < 1.29 is 17.9 Å². The van der Waals surface area contributed by atoms with E-state index >= 15 is 0 Å². The Morgan fingerprint density at radius 2 is 1.63 bits per heavy atom. The predicted molar refractivity (Wildman–Crippen MR) is 104 cm³/mol. The molecule has 2 saturated heterocycles. The van der Waals surface area contributed by atoms with Crippen LogP contribution in [0.4, 0.5) is 0 Å². The maximum absolute atomic E-state index is 12.6. The quantitative estimate of drug-likeness (QED) is 0.710. The summed E-state index contributed by atoms with van der Waals surface area (Å²) in [6.07, 6.45) is 1.07. The highest BCUT2D eigenvalue weighted by atomic mass is 35.5. The summed E-state index contributed by atoms with van der Waals surface area (Å²) in [5, 5.41) is 0.824. The summed E-state index contributed by atoms with van der Waals surface area (Å²) in [5.74, 6) is 0.191. The van der Waals surface area contributed by atoms with E-state index in [1.54, 1.807) is 30.0 Å². The Kier molecular flexibility index (Phi) is 6.53. The summed E-state index contributed by atoms with van der Waals surface area (Å²) < 4.78 is 33.9. The zero-order valence-electron chi connectivity index (χ0n) is 15.1. The molecule has 7 nitrogen and oxygen atoms in total. The van der Waals surface area contributed by atoms with Gasteiger partial charge in [0, 0.05) is 44.3 Å². The maximum atomic E-state index is 12.6. The molecular weight excluding hydrogens is 413 g/mol. The van der Waals surface area contributed by atoms with Crippen molar-refractivity contribution in [1.29, 1.82) is 0 Å². The Balaban J connectivity index is 1.56. The smallest absolute Gasteiger partial charge is 0.282 e. The number of hydrogen-bond donors (Lipinski definition) is 0. The number of nitrogens with zero attached hydrogens (tertiary/aromatic N) is 3. The van der Waals surface area contributed by atoms with Gasteiger partial charge in [0.25, 0.3) is 16.1 Å². The normalized spacial score (nSPS) is 20.6. The lowest BCUT2D eigenvalue weighted by atomic mass is 10.2. The standard InChI is InChI=1S/C17H23Cl2N3O4S/c1-13(26-16-5-4-14(18)12-15(16)19)17(23)20-8-10-22(11-9-20)27(24,25)21-6-2-3-7-21/h4-5,12-13H,2-3,6-11H2,1H3/t13-/m1/s1. The number of carbonyl (C=O) groups is 1. The van der Waals surface area contributed by atoms with E-state index in [0.29, 0.717) is 55.1 Å². The molecule has 0 saturated carbocycles. The molecule has 1 aromatic carbocycles. The first-order valence-electron chi connectivity index (χ1n) is 8.95. The molecule has 0 aromatic heterocycles. The van der Waals surface area contributed by atoms with E-state index in [0.717, 1.165) is 12.8 Å². The third-order valence-electron chi connectivity index (χ3n) is 4.81. The number of amides is 1. The predicted octanol–water partition coefficient (Wildman–Crippen LogP) is 2.25. The van der Waals surface area contributed by atoms with Crippen molar-refractivity contribution in [2.45, 2.75) is 25.9 Å². The lowest BCUT2D eigenvalue weighted by Gasteiger charge is -2.36. The van der Waals surface area contributed by atoms with Gasteiger partial charge in [-0.05, 0) is 38.0 Å². The van der Waals surface area contributed by atoms with Gasteiger partial charge in [0.15, 0.2) is 6.10 Å². The van der Waals surface area contributed by atoms with Gasteiger partial charge in [-0.1, -0.05) is 23.2 Å². The van der Waals surface area contributed by atoms with Gasteiger partial charge in [-0.2, -0.15) is 17.0 Å². The van der Waals surface area contributed by atoms with Crippen molar-refractivity contribution in [3.05, 3.63) is 28.2 Å². The zero-order valence-corrected chi connectivity index (χ0v) is 17.4. The lowest BCUT2D eigenvalue weighted by Crippen LogP contribution is -2.55. The van der Waals surface area contributed by atoms with E-state index in [1.807, 2.05) is 0 Å². The fraction of sp³-hybridized carbons (Fsp3) is 0.588. The first kappa shape index (κ1) is 20.7. The summed E-state index contributed by atoms with van der Waals surface area (Å²) >= 11 is 11.9. The number of carbonyl (C=O) groups excluding carboxylic acids is 1. The van der Waals surface area contributed by atoms with Crippen LogP contribution in [0.3, 0.4) is 0 Å². The van der Waals surface area contributed by atoms with Gasteiger partial charge in [0.2, 0.25) is 0 Å². The van der Waals surface area contributed by atoms with E-state index in [2.05, 4.69) is 0 Å². The second kappa shape index (κ2) is 8.53. The average Bonchev–Trinajstić information content (AvgIpc) is 3.19. The van der Waals surface area contributed by atoms with Crippen LogP contribution in [0.15, 0.2) is 18.2 Å². The van der Waals surface area contributed by atoms with Crippen LogP contribution < -0.4 is 4.74 Å². The van der Waals surface area contributed by atoms with E-state index in [4.69, 9.17) is 27.9 Å². The van der Waals surface area contributed by atoms with Crippen molar-refractivity contribution in [2.75, 3.05) is 39.3 Å². The summed E-state index contributed by atoms with van der Waals surface area (Å²) in [6.45, 7) is 4.07. The second-order valence-electron chi connectivity index (χ2n) is 6.67. The van der Waals surface area contributed by atoms with E-state index in [9.17, 15) is 13.2 Å². The maximum Gasteiger partial charge on any atom is 0.282 e. The van der Waals surface area contributed by atoms with E-state index in [1.165, 1.54) is 8.61 Å². The molecule has 0 spiro atoms. The minimum absolute atomic E-state index is 0.195. The largest absolute Gasteiger partial charge is 0.479 e. The fourth-order valence-electron chi connectivity index (χ4n) is 3.29. The van der Waals surface area contributed by atoms with Crippen LogP contribution >= 0.6 is 23.2 Å².